The van der Waals surface area contributed by atoms with Crippen molar-refractivity contribution in [2.45, 2.75) is 31.3 Å². The van der Waals surface area contributed by atoms with Crippen molar-refractivity contribution in [3.8, 4) is 0 Å². The third kappa shape index (κ3) is 4.25. The van der Waals surface area contributed by atoms with Crippen LogP contribution in [0.2, 0.25) is 0 Å². The quantitative estimate of drug-likeness (QED) is 0.662. The van der Waals surface area contributed by atoms with E-state index in [1.54, 1.807) is 6.20 Å². The molecule has 1 saturated heterocycles. The number of hydrogen-bond acceptors (Lipinski definition) is 5. The molecule has 6 heteroatoms. The summed E-state index contributed by atoms with van der Waals surface area (Å²) < 4.78 is 11.5. The summed E-state index contributed by atoms with van der Waals surface area (Å²) >= 11 is 3.51. The van der Waals surface area contributed by atoms with Crippen molar-refractivity contribution in [1.82, 2.24) is 10.3 Å². The monoisotopic (exact) mass is 356 g/mol. The highest BCUT2D eigenvalue weighted by molar-refractivity contribution is 9.10. The van der Waals surface area contributed by atoms with Crippen LogP contribution in [0.15, 0.2) is 22.9 Å². The molecule has 1 aliphatic heterocycles. The van der Waals surface area contributed by atoms with E-state index >= 15 is 0 Å². The van der Waals surface area contributed by atoms with Gasteiger partial charge in [0.2, 0.25) is 0 Å². The minimum Gasteiger partial charge on any atom is -0.467 e. The summed E-state index contributed by atoms with van der Waals surface area (Å²) in [7, 11) is 1.38. The number of hydrogen-bond donors (Lipinski definition) is 1. The van der Waals surface area contributed by atoms with Crippen LogP contribution < -0.4 is 5.32 Å². The number of nitrogens with zero attached hydrogens (tertiary/aromatic N) is 1. The number of pyridine rings is 1. The number of rotatable bonds is 4. The van der Waals surface area contributed by atoms with Gasteiger partial charge in [0, 0.05) is 11.8 Å². The molecule has 0 atom stereocenters. The minimum absolute atomic E-state index is 0.0364. The zero-order chi connectivity index (χ0) is 15.1. The Hall–Kier alpha value is -0.980. The van der Waals surface area contributed by atoms with E-state index in [4.69, 9.17) is 9.47 Å². The van der Waals surface area contributed by atoms with Crippen LogP contribution in [0.4, 0.5) is 0 Å². The number of methoxy groups -OCH3 is 1. The van der Waals surface area contributed by atoms with Gasteiger partial charge in [-0.15, -0.1) is 0 Å². The molecule has 1 N–H and O–H groups in total. The predicted octanol–water partition coefficient (Wildman–Crippen LogP) is 2.39. The molecule has 0 unspecified atom stereocenters. The highest BCUT2D eigenvalue weighted by atomic mass is 79.9. The molecule has 2 rings (SSSR count). The van der Waals surface area contributed by atoms with Crippen molar-refractivity contribution in [3.63, 3.8) is 0 Å². The van der Waals surface area contributed by atoms with E-state index in [0.29, 0.717) is 0 Å². The lowest BCUT2D eigenvalue weighted by Crippen LogP contribution is -2.37. The molecule has 116 valence electrons. The molecule has 0 radical (unpaired) electrons. The zero-order valence-electron chi connectivity index (χ0n) is 12.2. The van der Waals surface area contributed by atoms with E-state index < -0.39 is 5.60 Å². The lowest BCUT2D eigenvalue weighted by Gasteiger charge is -2.36. The van der Waals surface area contributed by atoms with Crippen LogP contribution in [0.5, 0.6) is 0 Å². The fourth-order valence-electron chi connectivity index (χ4n) is 2.72. The number of halogens is 1. The highest BCUT2D eigenvalue weighted by Gasteiger charge is 2.36. The van der Waals surface area contributed by atoms with Crippen LogP contribution in [0.1, 0.15) is 31.2 Å². The Balaban J connectivity index is 2.27. The van der Waals surface area contributed by atoms with E-state index in [0.717, 1.165) is 48.9 Å². The number of ether oxygens (including phenoxy) is 2. The topological polar surface area (TPSA) is 60.5 Å². The van der Waals surface area contributed by atoms with Crippen molar-refractivity contribution in [2.24, 2.45) is 0 Å². The molecule has 1 aromatic rings. The van der Waals surface area contributed by atoms with Gasteiger partial charge in [0.1, 0.15) is 11.2 Å². The summed E-state index contributed by atoms with van der Waals surface area (Å²) in [4.78, 5) is 15.8. The molecule has 0 saturated carbocycles. The van der Waals surface area contributed by atoms with Crippen molar-refractivity contribution < 1.29 is 14.3 Å². The first-order valence-corrected chi connectivity index (χ1v) is 8.00. The summed E-state index contributed by atoms with van der Waals surface area (Å²) in [6, 6.07) is 3.92. The standard InChI is InChI=1S/C15H21BrN2O3/c1-20-13(19)11-21-15(6-3-8-17-9-4-7-15)12-5-2-10-18-14(12)16/h2,5,10,17H,3-4,6-9,11H2,1H3. The Kier molecular flexibility index (Phi) is 6.14. The van der Waals surface area contributed by atoms with Gasteiger partial charge in [-0.25, -0.2) is 9.78 Å². The third-order valence-corrected chi connectivity index (χ3v) is 4.44. The van der Waals surface area contributed by atoms with Crippen LogP contribution in [0.3, 0.4) is 0 Å². The molecule has 0 aromatic carbocycles. The molecule has 0 spiro atoms. The molecule has 5 nitrogen and oxygen atoms in total. The van der Waals surface area contributed by atoms with E-state index in [1.807, 2.05) is 12.1 Å². The maximum Gasteiger partial charge on any atom is 0.331 e. The smallest absolute Gasteiger partial charge is 0.331 e. The van der Waals surface area contributed by atoms with E-state index in [2.05, 4.69) is 26.2 Å². The molecule has 1 fully saturated rings. The summed E-state index contributed by atoms with van der Waals surface area (Å²) in [5.41, 5.74) is 0.527. The van der Waals surface area contributed by atoms with E-state index in [-0.39, 0.29) is 12.6 Å². The van der Waals surface area contributed by atoms with Gasteiger partial charge < -0.3 is 14.8 Å². The van der Waals surface area contributed by atoms with Crippen LogP contribution in [-0.2, 0) is 19.9 Å². The van der Waals surface area contributed by atoms with E-state index in [9.17, 15) is 4.79 Å². The fourth-order valence-corrected chi connectivity index (χ4v) is 3.33. The maximum absolute atomic E-state index is 11.5. The first kappa shape index (κ1) is 16.4. The first-order valence-electron chi connectivity index (χ1n) is 7.20. The molecule has 0 bridgehead atoms. The number of nitrogens with one attached hydrogen (secondary N) is 1. The number of aromatic nitrogens is 1. The van der Waals surface area contributed by atoms with Gasteiger partial charge in [-0.3, -0.25) is 0 Å². The molecular formula is C15H21BrN2O3. The van der Waals surface area contributed by atoms with Gasteiger partial charge in [-0.05, 0) is 60.8 Å². The Bertz CT molecular complexity index is 474. The van der Waals surface area contributed by atoms with Gasteiger partial charge >= 0.3 is 5.97 Å². The van der Waals surface area contributed by atoms with Crippen LogP contribution in [0, 0.1) is 0 Å². The number of carbonyl (C=O) groups excluding carboxylic acids is 1. The fraction of sp³-hybridized carbons (Fsp3) is 0.600. The van der Waals surface area contributed by atoms with Gasteiger partial charge in [0.15, 0.2) is 0 Å². The van der Waals surface area contributed by atoms with Gasteiger partial charge in [0.25, 0.3) is 0 Å². The summed E-state index contributed by atoms with van der Waals surface area (Å²) in [5, 5.41) is 3.39. The summed E-state index contributed by atoms with van der Waals surface area (Å²) in [6.07, 6.45) is 5.42. The summed E-state index contributed by atoms with van der Waals surface area (Å²) in [6.45, 7) is 1.88. The zero-order valence-corrected chi connectivity index (χ0v) is 13.8. The van der Waals surface area contributed by atoms with Crippen LogP contribution in [0.25, 0.3) is 0 Å². The number of carbonyl (C=O) groups is 1. The van der Waals surface area contributed by atoms with Gasteiger partial charge in [-0.1, -0.05) is 6.07 Å². The van der Waals surface area contributed by atoms with Crippen molar-refractivity contribution in [1.29, 1.82) is 0 Å². The second-order valence-corrected chi connectivity index (χ2v) is 5.91. The second-order valence-electron chi connectivity index (χ2n) is 5.16. The lowest BCUT2D eigenvalue weighted by molar-refractivity contribution is -0.156. The molecule has 1 aromatic heterocycles. The molecule has 21 heavy (non-hydrogen) atoms. The predicted molar refractivity (Wildman–Crippen MR) is 82.9 cm³/mol. The first-order chi connectivity index (χ1) is 10.2. The third-order valence-electron chi connectivity index (χ3n) is 3.81. The molecule has 1 aliphatic rings. The van der Waals surface area contributed by atoms with Crippen LogP contribution >= 0.6 is 15.9 Å². The molecule has 2 heterocycles. The van der Waals surface area contributed by atoms with Crippen molar-refractivity contribution in [2.75, 3.05) is 26.8 Å². The Morgan fingerprint density at radius 2 is 2.14 bits per heavy atom. The highest BCUT2D eigenvalue weighted by Crippen LogP contribution is 2.39. The Morgan fingerprint density at radius 1 is 1.43 bits per heavy atom. The van der Waals surface area contributed by atoms with Crippen molar-refractivity contribution in [3.05, 3.63) is 28.5 Å². The average Bonchev–Trinajstić information content (AvgIpc) is 2.47. The Labute approximate surface area is 133 Å². The van der Waals surface area contributed by atoms with Gasteiger partial charge in [0.05, 0.1) is 12.7 Å². The lowest BCUT2D eigenvalue weighted by atomic mass is 9.84. The molecular weight excluding hydrogens is 336 g/mol. The molecule has 0 aliphatic carbocycles. The Morgan fingerprint density at radius 3 is 2.76 bits per heavy atom. The summed E-state index contributed by atoms with van der Waals surface area (Å²) in [5.74, 6) is -0.352. The maximum atomic E-state index is 11.5. The van der Waals surface area contributed by atoms with E-state index in [1.165, 1.54) is 7.11 Å². The normalized spacial score (nSPS) is 18.6. The largest absolute Gasteiger partial charge is 0.467 e. The average molecular weight is 357 g/mol. The van der Waals surface area contributed by atoms with Crippen LogP contribution in [-0.4, -0.2) is 37.8 Å². The second kappa shape index (κ2) is 7.87. The number of esters is 1. The van der Waals surface area contributed by atoms with Crippen molar-refractivity contribution >= 4 is 21.9 Å². The van der Waals surface area contributed by atoms with Gasteiger partial charge in [-0.2, -0.15) is 0 Å². The minimum atomic E-state index is -0.483. The SMILES string of the molecule is COC(=O)COC1(c2cccnc2Br)CCCNCCC1. The molecule has 0 amide bonds.